The van der Waals surface area contributed by atoms with Crippen molar-refractivity contribution in [3.8, 4) is 5.75 Å². The number of nitrogens with one attached hydrogen (secondary N) is 1. The average molecular weight is 563 g/mol. The maximum absolute atomic E-state index is 14.3. The Balaban J connectivity index is 1.10. The lowest BCUT2D eigenvalue weighted by Gasteiger charge is -2.45. The van der Waals surface area contributed by atoms with Gasteiger partial charge in [0, 0.05) is 38.3 Å². The number of para-hydroxylation sites is 2. The van der Waals surface area contributed by atoms with Crippen molar-refractivity contribution in [2.24, 2.45) is 5.41 Å². The molecule has 3 aromatic rings. The normalized spacial score (nSPS) is 21.4. The molecule has 2 bridgehead atoms. The monoisotopic (exact) mass is 562 g/mol. The highest BCUT2D eigenvalue weighted by Gasteiger charge is 2.43. The summed E-state index contributed by atoms with van der Waals surface area (Å²) in [4.78, 5) is 18.1. The van der Waals surface area contributed by atoms with Crippen LogP contribution in [0.5, 0.6) is 5.75 Å². The second-order valence-electron chi connectivity index (χ2n) is 11.9. The second kappa shape index (κ2) is 11.8. The number of halogens is 1. The van der Waals surface area contributed by atoms with Crippen molar-refractivity contribution in [2.75, 3.05) is 37.6 Å². The first kappa shape index (κ1) is 27.7. The lowest BCUT2D eigenvalue weighted by Crippen LogP contribution is -2.55. The van der Waals surface area contributed by atoms with Crippen LogP contribution in [0.1, 0.15) is 49.8 Å². The third kappa shape index (κ3) is 6.23. The Morgan fingerprint density at radius 1 is 0.951 bits per heavy atom. The Labute approximate surface area is 240 Å². The number of nitrogens with zero attached hydrogens (tertiary/aromatic N) is 5. The van der Waals surface area contributed by atoms with E-state index in [-0.39, 0.29) is 11.7 Å². The zero-order valence-corrected chi connectivity index (χ0v) is 23.5. The molecular weight excluding hydrogens is 523 g/mol. The van der Waals surface area contributed by atoms with Gasteiger partial charge >= 0.3 is 0 Å². The minimum absolute atomic E-state index is 0.0835. The van der Waals surface area contributed by atoms with Crippen molar-refractivity contribution in [1.29, 1.82) is 0 Å². The molecule has 10 heteroatoms. The number of aromatic nitrogens is 3. The maximum atomic E-state index is 14.3. The predicted molar refractivity (Wildman–Crippen MR) is 153 cm³/mol. The molecule has 0 saturated carbocycles. The summed E-state index contributed by atoms with van der Waals surface area (Å²) in [6, 6.07) is 14.6. The van der Waals surface area contributed by atoms with Crippen molar-refractivity contribution in [3.63, 3.8) is 0 Å². The highest BCUT2D eigenvalue weighted by atomic mass is 19.1. The molecule has 1 spiro atoms. The van der Waals surface area contributed by atoms with Gasteiger partial charge in [-0.25, -0.2) is 4.39 Å². The van der Waals surface area contributed by atoms with E-state index >= 15 is 0 Å². The number of β-amino-alcohol motifs (C(OH)–C–C–N with tert-alkyl or cyclic N) is 1. The summed E-state index contributed by atoms with van der Waals surface area (Å²) < 4.78 is 22.1. The smallest absolute Gasteiger partial charge is 0.226 e. The van der Waals surface area contributed by atoms with Gasteiger partial charge in [-0.2, -0.15) is 0 Å². The molecule has 218 valence electrons. The van der Waals surface area contributed by atoms with E-state index in [2.05, 4.69) is 20.5 Å². The van der Waals surface area contributed by atoms with E-state index in [0.717, 1.165) is 55.8 Å². The largest absolute Gasteiger partial charge is 0.487 e. The number of ether oxygens (including phenoxy) is 1. The topological polar surface area (TPSA) is 95.7 Å². The van der Waals surface area contributed by atoms with Crippen molar-refractivity contribution < 1.29 is 19.0 Å². The van der Waals surface area contributed by atoms with E-state index in [1.165, 1.54) is 6.07 Å². The number of likely N-dealkylation sites (tertiary alicyclic amines) is 1. The Bertz CT molecular complexity index is 1350. The summed E-state index contributed by atoms with van der Waals surface area (Å²) in [6.07, 6.45) is 6.15. The van der Waals surface area contributed by atoms with Crippen LogP contribution in [-0.2, 0) is 24.5 Å². The minimum Gasteiger partial charge on any atom is -0.487 e. The van der Waals surface area contributed by atoms with Gasteiger partial charge in [0.15, 0.2) is 0 Å². The molecule has 4 heterocycles. The van der Waals surface area contributed by atoms with Crippen LogP contribution in [0.25, 0.3) is 0 Å². The number of aliphatic hydroxyl groups is 1. The molecule has 2 N–H and O–H groups in total. The molecule has 2 aromatic carbocycles. The fourth-order valence-corrected chi connectivity index (χ4v) is 6.57. The third-order valence-electron chi connectivity index (χ3n) is 9.12. The summed E-state index contributed by atoms with van der Waals surface area (Å²) in [7, 11) is 0. The lowest BCUT2D eigenvalue weighted by atomic mass is 9.73. The van der Waals surface area contributed by atoms with E-state index in [1.54, 1.807) is 12.1 Å². The summed E-state index contributed by atoms with van der Waals surface area (Å²) in [5, 5.41) is 23.2. The zero-order chi connectivity index (χ0) is 28.3. The van der Waals surface area contributed by atoms with Crippen molar-refractivity contribution in [3.05, 3.63) is 71.8 Å². The summed E-state index contributed by atoms with van der Waals surface area (Å²) in [5.41, 5.74) is 1.03. The van der Waals surface area contributed by atoms with Gasteiger partial charge in [-0.1, -0.05) is 35.5 Å². The maximum Gasteiger partial charge on any atom is 0.226 e. The molecule has 41 heavy (non-hydrogen) atoms. The molecule has 0 unspecified atom stereocenters. The fraction of sp³-hybridized carbons (Fsp3) is 0.516. The Kier molecular flexibility index (Phi) is 7.94. The van der Waals surface area contributed by atoms with Gasteiger partial charge in [0.1, 0.15) is 23.9 Å². The molecule has 2 saturated heterocycles. The van der Waals surface area contributed by atoms with Gasteiger partial charge in [0.25, 0.3) is 0 Å². The van der Waals surface area contributed by atoms with E-state index in [1.807, 2.05) is 46.1 Å². The Hall–Kier alpha value is -3.50. The zero-order valence-electron chi connectivity index (χ0n) is 23.5. The first-order chi connectivity index (χ1) is 19.9. The molecule has 3 aliphatic rings. The standard InChI is InChI=1S/C31H39FN6O3/c32-26-7-2-3-8-27(26)37-18-13-31(40,14-19-37)23-36-16-11-30(12-17-36)10-5-15-38-21-25(34-35-38)22-41-28-9-4-1-6-24(28)20-33-29(30)39/h1-4,6-9,21,40H,5,10-20,22-23H2,(H,33,39). The molecule has 2 fully saturated rings. The summed E-state index contributed by atoms with van der Waals surface area (Å²) in [6.45, 7) is 4.74. The van der Waals surface area contributed by atoms with Gasteiger partial charge < -0.3 is 25.0 Å². The molecule has 1 aromatic heterocycles. The first-order valence-electron chi connectivity index (χ1n) is 14.7. The molecular formula is C31H39FN6O3. The van der Waals surface area contributed by atoms with E-state index in [0.29, 0.717) is 57.9 Å². The van der Waals surface area contributed by atoms with Crippen LogP contribution in [0.15, 0.2) is 54.7 Å². The summed E-state index contributed by atoms with van der Waals surface area (Å²) in [5.74, 6) is 0.596. The number of aryl methyl sites for hydroxylation is 1. The lowest BCUT2D eigenvalue weighted by molar-refractivity contribution is -0.135. The molecule has 0 aliphatic carbocycles. The Morgan fingerprint density at radius 3 is 2.51 bits per heavy atom. The quantitative estimate of drug-likeness (QED) is 0.504. The molecule has 1 amide bonds. The number of anilines is 1. The van der Waals surface area contributed by atoms with Gasteiger partial charge in [-0.3, -0.25) is 9.48 Å². The van der Waals surface area contributed by atoms with Gasteiger partial charge in [-0.05, 0) is 69.8 Å². The van der Waals surface area contributed by atoms with Crippen LogP contribution in [0.2, 0.25) is 0 Å². The van der Waals surface area contributed by atoms with Gasteiger partial charge in [-0.15, -0.1) is 5.10 Å². The van der Waals surface area contributed by atoms with E-state index in [9.17, 15) is 14.3 Å². The number of fused-ring (bicyclic) bond motifs is 3. The Morgan fingerprint density at radius 2 is 1.71 bits per heavy atom. The van der Waals surface area contributed by atoms with Crippen LogP contribution in [-0.4, -0.2) is 69.2 Å². The van der Waals surface area contributed by atoms with Crippen LogP contribution in [0.3, 0.4) is 0 Å². The van der Waals surface area contributed by atoms with Crippen LogP contribution < -0.4 is 15.0 Å². The third-order valence-corrected chi connectivity index (χ3v) is 9.12. The molecule has 9 nitrogen and oxygen atoms in total. The number of rotatable bonds is 3. The highest BCUT2D eigenvalue weighted by molar-refractivity contribution is 5.82. The van der Waals surface area contributed by atoms with Gasteiger partial charge in [0.2, 0.25) is 5.91 Å². The van der Waals surface area contributed by atoms with E-state index < -0.39 is 11.0 Å². The molecule has 3 aliphatic heterocycles. The van der Waals surface area contributed by atoms with Crippen molar-refractivity contribution in [2.45, 2.75) is 63.8 Å². The number of hydrogen-bond donors (Lipinski definition) is 2. The number of hydrogen-bond acceptors (Lipinski definition) is 7. The van der Waals surface area contributed by atoms with Crippen LogP contribution in [0, 0.1) is 11.2 Å². The number of amides is 1. The number of carbonyl (C=O) groups excluding carboxylic acids is 1. The average Bonchev–Trinajstić information content (AvgIpc) is 3.44. The number of piperidine rings is 2. The van der Waals surface area contributed by atoms with Crippen molar-refractivity contribution in [1.82, 2.24) is 25.2 Å². The molecule has 0 radical (unpaired) electrons. The SMILES string of the molecule is O=C1NCc2ccccc2OCc2cn(nn2)CCCC12CCN(CC1(O)CCN(c3ccccc3F)CC1)CC2. The minimum atomic E-state index is -0.813. The number of carbonyl (C=O) groups is 1. The molecule has 6 rings (SSSR count). The highest BCUT2D eigenvalue weighted by Crippen LogP contribution is 2.38. The van der Waals surface area contributed by atoms with Crippen LogP contribution in [0.4, 0.5) is 10.1 Å². The second-order valence-corrected chi connectivity index (χ2v) is 11.9. The predicted octanol–water partition coefficient (Wildman–Crippen LogP) is 3.52. The fourth-order valence-electron chi connectivity index (χ4n) is 6.57. The summed E-state index contributed by atoms with van der Waals surface area (Å²) >= 11 is 0. The number of benzene rings is 2. The van der Waals surface area contributed by atoms with E-state index in [4.69, 9.17) is 4.74 Å². The first-order valence-corrected chi connectivity index (χ1v) is 14.7. The van der Waals surface area contributed by atoms with Crippen molar-refractivity contribution >= 4 is 11.6 Å². The van der Waals surface area contributed by atoms with Gasteiger partial charge in [0.05, 0.1) is 22.9 Å². The molecule has 0 atom stereocenters. The van der Waals surface area contributed by atoms with Crippen LogP contribution >= 0.6 is 0 Å².